The molecular weight excluding hydrogens is 388 g/mol. The summed E-state index contributed by atoms with van der Waals surface area (Å²) < 4.78 is 0. The number of carbonyl (C=O) groups is 1. The van der Waals surface area contributed by atoms with E-state index in [1.165, 1.54) is 27.8 Å². The molecule has 3 N–H and O–H groups in total. The van der Waals surface area contributed by atoms with Gasteiger partial charge in [-0.15, -0.1) is 0 Å². The Morgan fingerprint density at radius 1 is 1.26 bits per heavy atom. The number of hydrogen-bond acceptors (Lipinski definition) is 4. The van der Waals surface area contributed by atoms with Gasteiger partial charge in [-0.1, -0.05) is 6.07 Å². The highest BCUT2D eigenvalue weighted by atomic mass is 16.3. The van der Waals surface area contributed by atoms with Crippen molar-refractivity contribution in [1.29, 1.82) is 0 Å². The number of hydrogen-bond donors (Lipinski definition) is 3. The molecule has 2 aromatic heterocycles. The van der Waals surface area contributed by atoms with Crippen molar-refractivity contribution in [2.75, 3.05) is 13.1 Å². The van der Waals surface area contributed by atoms with Crippen LogP contribution in [0.2, 0.25) is 0 Å². The zero-order valence-corrected chi connectivity index (χ0v) is 18.5. The Morgan fingerprint density at radius 3 is 2.84 bits per heavy atom. The molecule has 0 unspecified atom stereocenters. The summed E-state index contributed by atoms with van der Waals surface area (Å²) in [4.78, 5) is 22.4. The lowest BCUT2D eigenvalue weighted by molar-refractivity contribution is -0.148. The molecule has 162 valence electrons. The van der Waals surface area contributed by atoms with Gasteiger partial charge in [-0.2, -0.15) is 0 Å². The molecule has 3 aromatic rings. The maximum absolute atomic E-state index is 12.7. The van der Waals surface area contributed by atoms with E-state index in [4.69, 9.17) is 0 Å². The topological polar surface area (TPSA) is 81.2 Å². The lowest BCUT2D eigenvalue weighted by Gasteiger charge is -2.35. The van der Waals surface area contributed by atoms with Gasteiger partial charge in [0.25, 0.3) is 5.91 Å². The Labute approximate surface area is 182 Å². The fourth-order valence-corrected chi connectivity index (χ4v) is 4.98. The highest BCUT2D eigenvalue weighted by molar-refractivity contribution is 5.85. The predicted molar refractivity (Wildman–Crippen MR) is 122 cm³/mol. The fraction of sp³-hybridized carbons (Fsp3) is 0.440. The van der Waals surface area contributed by atoms with Gasteiger partial charge in [0.2, 0.25) is 0 Å². The molecule has 0 aliphatic carbocycles. The molecule has 1 amide bonds. The standard InChI is InChI=1S/C25H30N4O2/c1-15-12-27-23-19(15)11-18(13-28-23)17-9-16-6-8-29(24(30)25(2,3)31)14-21(16)20(10-17)22-5-4-7-26-22/h9-13,22,26,31H,4-8,14H2,1-3H3,(H,27,28)/t22-/m0/s1. The number of benzene rings is 1. The van der Waals surface area contributed by atoms with E-state index < -0.39 is 5.60 Å². The smallest absolute Gasteiger partial charge is 0.254 e. The first-order valence-corrected chi connectivity index (χ1v) is 11.2. The lowest BCUT2D eigenvalue weighted by atomic mass is 9.86. The summed E-state index contributed by atoms with van der Waals surface area (Å²) in [5, 5.41) is 15.0. The second-order valence-corrected chi connectivity index (χ2v) is 9.48. The Hall–Kier alpha value is -2.70. The van der Waals surface area contributed by atoms with Crippen molar-refractivity contribution in [1.82, 2.24) is 20.2 Å². The van der Waals surface area contributed by atoms with Crippen molar-refractivity contribution in [3.05, 3.63) is 52.8 Å². The van der Waals surface area contributed by atoms with Gasteiger partial charge in [0.05, 0.1) is 0 Å². The van der Waals surface area contributed by atoms with E-state index in [9.17, 15) is 9.90 Å². The van der Waals surface area contributed by atoms with Gasteiger partial charge in [-0.3, -0.25) is 4.79 Å². The van der Waals surface area contributed by atoms with Crippen molar-refractivity contribution in [3.8, 4) is 11.1 Å². The van der Waals surface area contributed by atoms with Crippen LogP contribution in [-0.2, 0) is 17.8 Å². The minimum Gasteiger partial charge on any atom is -0.381 e. The minimum absolute atomic E-state index is 0.204. The van der Waals surface area contributed by atoms with Crippen LogP contribution in [0.5, 0.6) is 0 Å². The van der Waals surface area contributed by atoms with Crippen LogP contribution in [0, 0.1) is 6.92 Å². The number of amides is 1. The molecule has 5 rings (SSSR count). The van der Waals surface area contributed by atoms with Crippen molar-refractivity contribution in [3.63, 3.8) is 0 Å². The van der Waals surface area contributed by atoms with Crippen LogP contribution in [-0.4, -0.2) is 44.6 Å². The number of carbonyl (C=O) groups excluding carboxylic acids is 1. The van der Waals surface area contributed by atoms with Crippen LogP contribution in [0.15, 0.2) is 30.6 Å². The third-order valence-electron chi connectivity index (χ3n) is 6.69. The van der Waals surface area contributed by atoms with Crippen molar-refractivity contribution in [2.45, 2.75) is 58.2 Å². The number of pyridine rings is 1. The fourth-order valence-electron chi connectivity index (χ4n) is 4.98. The second-order valence-electron chi connectivity index (χ2n) is 9.48. The summed E-state index contributed by atoms with van der Waals surface area (Å²) >= 11 is 0. The van der Waals surface area contributed by atoms with Crippen LogP contribution < -0.4 is 5.32 Å². The minimum atomic E-state index is -1.35. The number of nitrogens with one attached hydrogen (secondary N) is 2. The summed E-state index contributed by atoms with van der Waals surface area (Å²) in [6.45, 7) is 7.44. The van der Waals surface area contributed by atoms with Gasteiger partial charge in [-0.05, 0) is 86.5 Å². The molecule has 1 fully saturated rings. The van der Waals surface area contributed by atoms with Crippen LogP contribution in [0.25, 0.3) is 22.2 Å². The van der Waals surface area contributed by atoms with E-state index in [0.717, 1.165) is 42.4 Å². The van der Waals surface area contributed by atoms with E-state index in [-0.39, 0.29) is 5.91 Å². The van der Waals surface area contributed by atoms with Crippen LogP contribution in [0.4, 0.5) is 0 Å². The molecule has 6 nitrogen and oxygen atoms in total. The number of nitrogens with zero attached hydrogens (tertiary/aromatic N) is 2. The molecule has 1 aromatic carbocycles. The van der Waals surface area contributed by atoms with Crippen LogP contribution >= 0.6 is 0 Å². The van der Waals surface area contributed by atoms with Gasteiger partial charge >= 0.3 is 0 Å². The Kier molecular flexibility index (Phi) is 4.87. The monoisotopic (exact) mass is 418 g/mol. The first-order valence-electron chi connectivity index (χ1n) is 11.2. The number of H-pyrrole nitrogens is 1. The third-order valence-corrected chi connectivity index (χ3v) is 6.69. The molecule has 0 bridgehead atoms. The van der Waals surface area contributed by atoms with Gasteiger partial charge in [-0.25, -0.2) is 4.98 Å². The van der Waals surface area contributed by atoms with E-state index in [2.05, 4.69) is 40.4 Å². The highest BCUT2D eigenvalue weighted by Crippen LogP contribution is 2.36. The molecule has 6 heteroatoms. The maximum atomic E-state index is 12.7. The third kappa shape index (κ3) is 3.64. The number of aryl methyl sites for hydroxylation is 1. The number of aromatic nitrogens is 2. The summed E-state index contributed by atoms with van der Waals surface area (Å²) in [6, 6.07) is 7.07. The zero-order chi connectivity index (χ0) is 21.8. The molecule has 1 atom stereocenters. The Balaban J connectivity index is 1.58. The molecule has 31 heavy (non-hydrogen) atoms. The summed E-state index contributed by atoms with van der Waals surface area (Å²) in [6.07, 6.45) is 6.99. The molecular formula is C25H30N4O2. The first kappa shape index (κ1) is 20.2. The Bertz CT molecular complexity index is 1150. The molecule has 1 saturated heterocycles. The first-order chi connectivity index (χ1) is 14.8. The molecule has 4 heterocycles. The summed E-state index contributed by atoms with van der Waals surface area (Å²) in [7, 11) is 0. The van der Waals surface area contributed by atoms with Gasteiger partial charge < -0.3 is 20.3 Å². The normalized spacial score (nSPS) is 19.1. The van der Waals surface area contributed by atoms with Gasteiger partial charge in [0, 0.05) is 42.5 Å². The predicted octanol–water partition coefficient (Wildman–Crippen LogP) is 3.62. The highest BCUT2D eigenvalue weighted by Gasteiger charge is 2.33. The lowest BCUT2D eigenvalue weighted by Crippen LogP contribution is -2.47. The average Bonchev–Trinajstić information content (AvgIpc) is 3.41. The number of rotatable bonds is 3. The van der Waals surface area contributed by atoms with Gasteiger partial charge in [0.1, 0.15) is 11.2 Å². The molecule has 2 aliphatic rings. The molecule has 0 radical (unpaired) electrons. The summed E-state index contributed by atoms with van der Waals surface area (Å²) in [5.74, 6) is -0.204. The maximum Gasteiger partial charge on any atom is 0.254 e. The molecule has 0 saturated carbocycles. The summed E-state index contributed by atoms with van der Waals surface area (Å²) in [5.41, 5.74) is 6.87. The average molecular weight is 419 g/mol. The van der Waals surface area contributed by atoms with E-state index in [1.54, 1.807) is 18.7 Å². The van der Waals surface area contributed by atoms with Crippen LogP contribution in [0.3, 0.4) is 0 Å². The van der Waals surface area contributed by atoms with Crippen molar-refractivity contribution >= 4 is 16.9 Å². The number of aliphatic hydroxyl groups is 1. The zero-order valence-electron chi connectivity index (χ0n) is 18.5. The largest absolute Gasteiger partial charge is 0.381 e. The number of fused-ring (bicyclic) bond motifs is 2. The SMILES string of the molecule is Cc1c[nH]c2ncc(-c3cc4c(c([C@@H]5CCCN5)c3)CN(C(=O)C(C)(C)O)CC4)cc12. The van der Waals surface area contributed by atoms with Crippen molar-refractivity contribution < 1.29 is 9.90 Å². The van der Waals surface area contributed by atoms with E-state index in [0.29, 0.717) is 19.1 Å². The molecule has 0 spiro atoms. The second kappa shape index (κ2) is 7.46. The van der Waals surface area contributed by atoms with E-state index in [1.807, 2.05) is 12.4 Å². The van der Waals surface area contributed by atoms with Crippen molar-refractivity contribution in [2.24, 2.45) is 0 Å². The Morgan fingerprint density at radius 2 is 2.10 bits per heavy atom. The quantitative estimate of drug-likeness (QED) is 0.607. The van der Waals surface area contributed by atoms with E-state index >= 15 is 0 Å². The molecule has 2 aliphatic heterocycles. The van der Waals surface area contributed by atoms with Crippen LogP contribution in [0.1, 0.15) is 55.0 Å². The van der Waals surface area contributed by atoms with Gasteiger partial charge in [0.15, 0.2) is 0 Å². The number of aromatic amines is 1.